The Balaban J connectivity index is 1.73. The normalized spacial score (nSPS) is 16.2. The van der Waals surface area contributed by atoms with E-state index < -0.39 is 0 Å². The van der Waals surface area contributed by atoms with Crippen molar-refractivity contribution >= 4 is 52.0 Å². The second-order valence-electron chi connectivity index (χ2n) is 5.41. The molecule has 5 heteroatoms. The molecule has 1 amide bonds. The maximum absolute atomic E-state index is 12.2. The minimum absolute atomic E-state index is 0.00519. The molecule has 0 saturated carbocycles. The topological polar surface area (TPSA) is 20.3 Å². The second kappa shape index (κ2) is 7.55. The van der Waals surface area contributed by atoms with Crippen molar-refractivity contribution in [2.24, 2.45) is 0 Å². The number of carbonyl (C=O) groups is 1. The minimum Gasteiger partial charge on any atom is -0.293 e. The molecule has 1 fully saturated rings. The maximum atomic E-state index is 12.2. The van der Waals surface area contributed by atoms with Crippen molar-refractivity contribution in [3.8, 4) is 0 Å². The van der Waals surface area contributed by atoms with Crippen LogP contribution < -0.4 is 0 Å². The molecular weight excluding hydrogens is 354 g/mol. The van der Waals surface area contributed by atoms with Crippen LogP contribution in [0.5, 0.6) is 0 Å². The number of hydrogen-bond acceptors (Lipinski definition) is 4. The van der Waals surface area contributed by atoms with E-state index in [4.69, 9.17) is 12.2 Å². The van der Waals surface area contributed by atoms with Gasteiger partial charge in [0.1, 0.15) is 4.32 Å². The number of thiocarbonyl (C=S) groups is 1. The van der Waals surface area contributed by atoms with E-state index in [0.29, 0.717) is 15.8 Å². The van der Waals surface area contributed by atoms with Gasteiger partial charge in [0.05, 0.1) is 4.91 Å². The van der Waals surface area contributed by atoms with Gasteiger partial charge in [0.15, 0.2) is 0 Å². The lowest BCUT2D eigenvalue weighted by Gasteiger charge is -2.09. The molecule has 2 nitrogen and oxygen atoms in total. The Bertz CT molecular complexity index is 794. The maximum Gasteiger partial charge on any atom is 0.266 e. The first-order valence-electron chi connectivity index (χ1n) is 7.67. The Hall–Kier alpha value is -1.56. The van der Waals surface area contributed by atoms with Crippen molar-refractivity contribution in [1.82, 2.24) is 4.90 Å². The molecule has 0 aliphatic carbocycles. The number of carbonyl (C=O) groups excluding carboxylic acids is 1. The first-order chi connectivity index (χ1) is 11.6. The summed E-state index contributed by atoms with van der Waals surface area (Å²) in [5.41, 5.74) is 2.28. The molecule has 122 valence electrons. The van der Waals surface area contributed by atoms with Gasteiger partial charge in [0.25, 0.3) is 5.91 Å². The fourth-order valence-electron chi connectivity index (χ4n) is 2.30. The summed E-state index contributed by atoms with van der Waals surface area (Å²) in [7, 11) is 0. The number of amides is 1. The van der Waals surface area contributed by atoms with Gasteiger partial charge in [-0.05, 0) is 49.8 Å². The van der Waals surface area contributed by atoms with Crippen LogP contribution in [0.4, 0.5) is 0 Å². The highest BCUT2D eigenvalue weighted by Crippen LogP contribution is 2.33. The van der Waals surface area contributed by atoms with Crippen molar-refractivity contribution in [2.45, 2.75) is 23.6 Å². The molecule has 1 aliphatic rings. The monoisotopic (exact) mass is 371 g/mol. The van der Waals surface area contributed by atoms with Crippen molar-refractivity contribution in [2.75, 3.05) is 6.54 Å². The number of likely N-dealkylation sites (N-methyl/N-ethyl adjacent to an activating group) is 1. The largest absolute Gasteiger partial charge is 0.293 e. The Kier molecular flexibility index (Phi) is 5.43. The minimum atomic E-state index is 0.00519. The highest BCUT2D eigenvalue weighted by atomic mass is 32.2. The highest BCUT2D eigenvalue weighted by Gasteiger charge is 2.30. The van der Waals surface area contributed by atoms with Crippen LogP contribution in [0.1, 0.15) is 18.1 Å². The first-order valence-corrected chi connectivity index (χ1v) is 9.71. The fraction of sp³-hybridized carbons (Fsp3) is 0.158. The van der Waals surface area contributed by atoms with E-state index in [1.54, 1.807) is 16.7 Å². The quantitative estimate of drug-likeness (QED) is 0.532. The molecule has 1 aliphatic heterocycles. The van der Waals surface area contributed by atoms with Gasteiger partial charge in [-0.3, -0.25) is 9.69 Å². The zero-order valence-electron chi connectivity index (χ0n) is 13.5. The predicted octanol–water partition coefficient (Wildman–Crippen LogP) is 5.37. The van der Waals surface area contributed by atoms with E-state index in [1.807, 2.05) is 25.1 Å². The van der Waals surface area contributed by atoms with Crippen molar-refractivity contribution < 1.29 is 4.79 Å². The third-order valence-corrected chi connectivity index (χ3v) is 6.02. The Morgan fingerprint density at radius 3 is 2.21 bits per heavy atom. The molecule has 0 aromatic heterocycles. The lowest BCUT2D eigenvalue weighted by Crippen LogP contribution is -2.27. The van der Waals surface area contributed by atoms with E-state index in [2.05, 4.69) is 43.3 Å². The summed E-state index contributed by atoms with van der Waals surface area (Å²) in [4.78, 5) is 17.0. The smallest absolute Gasteiger partial charge is 0.266 e. The third kappa shape index (κ3) is 3.91. The zero-order chi connectivity index (χ0) is 17.1. The molecular formula is C19H17NOS3. The Morgan fingerprint density at radius 2 is 1.67 bits per heavy atom. The van der Waals surface area contributed by atoms with Gasteiger partial charge in [-0.15, -0.1) is 0 Å². The van der Waals surface area contributed by atoms with Crippen molar-refractivity contribution in [3.63, 3.8) is 0 Å². The van der Waals surface area contributed by atoms with Crippen LogP contribution in [0.15, 0.2) is 63.2 Å². The Morgan fingerprint density at radius 1 is 1.08 bits per heavy atom. The summed E-state index contributed by atoms with van der Waals surface area (Å²) in [6, 6.07) is 16.7. The highest BCUT2D eigenvalue weighted by molar-refractivity contribution is 8.26. The summed E-state index contributed by atoms with van der Waals surface area (Å²) >= 11 is 8.34. The van der Waals surface area contributed by atoms with Gasteiger partial charge < -0.3 is 0 Å². The lowest BCUT2D eigenvalue weighted by molar-refractivity contribution is -0.121. The summed E-state index contributed by atoms with van der Waals surface area (Å²) in [5.74, 6) is 0.00519. The molecule has 2 aromatic rings. The number of rotatable bonds is 4. The lowest BCUT2D eigenvalue weighted by atomic mass is 10.2. The summed E-state index contributed by atoms with van der Waals surface area (Å²) < 4.78 is 0.639. The molecule has 0 bridgehead atoms. The van der Waals surface area contributed by atoms with Gasteiger partial charge in [-0.2, -0.15) is 0 Å². The molecule has 0 unspecified atom stereocenters. The van der Waals surface area contributed by atoms with Crippen molar-refractivity contribution in [1.29, 1.82) is 0 Å². The van der Waals surface area contributed by atoms with Crippen LogP contribution in [-0.4, -0.2) is 21.7 Å². The fourth-order valence-corrected chi connectivity index (χ4v) is 4.50. The second-order valence-corrected chi connectivity index (χ2v) is 8.23. The SMILES string of the molecule is CCN1C(=O)/C(=C\c2ccc(Sc3ccc(C)cc3)cc2)SC1=S. The van der Waals surface area contributed by atoms with Crippen molar-refractivity contribution in [3.05, 3.63) is 64.6 Å². The molecule has 1 heterocycles. The Labute approximate surface area is 156 Å². The number of aryl methyl sites for hydroxylation is 1. The summed E-state index contributed by atoms with van der Waals surface area (Å²) in [6.45, 7) is 4.64. The number of thioether (sulfide) groups is 1. The van der Waals surface area contributed by atoms with Crippen LogP contribution in [0.3, 0.4) is 0 Å². The van der Waals surface area contributed by atoms with Crippen LogP contribution in [0.25, 0.3) is 6.08 Å². The van der Waals surface area contributed by atoms with Gasteiger partial charge in [0.2, 0.25) is 0 Å². The van der Waals surface area contributed by atoms with E-state index in [-0.39, 0.29) is 5.91 Å². The molecule has 24 heavy (non-hydrogen) atoms. The van der Waals surface area contributed by atoms with E-state index in [9.17, 15) is 4.79 Å². The van der Waals surface area contributed by atoms with Gasteiger partial charge in [-0.25, -0.2) is 0 Å². The molecule has 0 atom stereocenters. The van der Waals surface area contributed by atoms with Gasteiger partial charge in [0, 0.05) is 16.3 Å². The summed E-state index contributed by atoms with van der Waals surface area (Å²) in [6.07, 6.45) is 1.91. The standard InChI is InChI=1S/C19H17NOS3/c1-3-20-18(21)17(24-19(20)22)12-14-6-10-16(11-7-14)23-15-8-4-13(2)5-9-15/h4-12H,3H2,1-2H3/b17-12+. The first kappa shape index (κ1) is 17.3. The molecule has 0 radical (unpaired) electrons. The predicted molar refractivity (Wildman–Crippen MR) is 107 cm³/mol. The van der Waals surface area contributed by atoms with Crippen LogP contribution in [0, 0.1) is 6.92 Å². The van der Waals surface area contributed by atoms with Gasteiger partial charge in [-0.1, -0.05) is 65.6 Å². The molecule has 0 spiro atoms. The van der Waals surface area contributed by atoms with Crippen LogP contribution >= 0.6 is 35.7 Å². The molecule has 1 saturated heterocycles. The average Bonchev–Trinajstić information content (AvgIpc) is 2.85. The van der Waals surface area contributed by atoms with E-state index >= 15 is 0 Å². The molecule has 0 N–H and O–H groups in total. The number of benzene rings is 2. The number of hydrogen-bond donors (Lipinski definition) is 0. The number of nitrogens with zero attached hydrogens (tertiary/aromatic N) is 1. The summed E-state index contributed by atoms with van der Waals surface area (Å²) in [5, 5.41) is 0. The van der Waals surface area contributed by atoms with Crippen LogP contribution in [0.2, 0.25) is 0 Å². The molecule has 2 aromatic carbocycles. The average molecular weight is 372 g/mol. The van der Waals surface area contributed by atoms with E-state index in [0.717, 1.165) is 5.56 Å². The third-order valence-electron chi connectivity index (χ3n) is 3.62. The molecule has 3 rings (SSSR count). The zero-order valence-corrected chi connectivity index (χ0v) is 15.9. The van der Waals surface area contributed by atoms with Crippen LogP contribution in [-0.2, 0) is 4.79 Å². The van der Waals surface area contributed by atoms with E-state index in [1.165, 1.54) is 27.1 Å². The van der Waals surface area contributed by atoms with Gasteiger partial charge >= 0.3 is 0 Å².